The van der Waals surface area contributed by atoms with Crippen molar-refractivity contribution in [3.8, 4) is 17.2 Å². The van der Waals surface area contributed by atoms with Crippen molar-refractivity contribution in [2.24, 2.45) is 0 Å². The van der Waals surface area contributed by atoms with Gasteiger partial charge < -0.3 is 9.84 Å². The van der Waals surface area contributed by atoms with Crippen molar-refractivity contribution in [3.63, 3.8) is 0 Å². The minimum atomic E-state index is -1.20. The number of ether oxygens (including phenoxy) is 1. The summed E-state index contributed by atoms with van der Waals surface area (Å²) < 4.78 is 5.53. The molecule has 1 N–H and O–H groups in total. The van der Waals surface area contributed by atoms with E-state index in [4.69, 9.17) is 4.74 Å². The van der Waals surface area contributed by atoms with Crippen molar-refractivity contribution in [2.75, 3.05) is 11.4 Å². The van der Waals surface area contributed by atoms with Gasteiger partial charge in [0.05, 0.1) is 23.9 Å². The molecule has 3 aromatic rings. The Morgan fingerprint density at radius 1 is 1.19 bits per heavy atom. The van der Waals surface area contributed by atoms with Gasteiger partial charge in [-0.2, -0.15) is 5.26 Å². The van der Waals surface area contributed by atoms with Crippen LogP contribution >= 0.6 is 0 Å². The van der Waals surface area contributed by atoms with Gasteiger partial charge in [0.2, 0.25) is 0 Å². The summed E-state index contributed by atoms with van der Waals surface area (Å²) in [4.78, 5) is 30.5. The van der Waals surface area contributed by atoms with Crippen LogP contribution in [-0.4, -0.2) is 34.3 Å². The first-order chi connectivity index (χ1) is 15.1. The molecule has 7 heteroatoms. The average Bonchev–Trinajstić information content (AvgIpc) is 2.75. The quantitative estimate of drug-likeness (QED) is 0.543. The minimum absolute atomic E-state index is 0.0857. The van der Waals surface area contributed by atoms with E-state index in [1.165, 1.54) is 6.07 Å². The number of carboxylic acid groups (broad SMARTS) is 1. The number of amides is 1. The fourth-order valence-corrected chi connectivity index (χ4v) is 3.26. The molecule has 0 aliphatic carbocycles. The Hall–Kier alpha value is -4.18. The number of carbonyl (C=O) groups is 2. The van der Waals surface area contributed by atoms with Crippen molar-refractivity contribution in [2.45, 2.75) is 26.4 Å². The van der Waals surface area contributed by atoms with E-state index >= 15 is 0 Å². The predicted octanol–water partition coefficient (Wildman–Crippen LogP) is 5.42. The van der Waals surface area contributed by atoms with Crippen molar-refractivity contribution in [3.05, 3.63) is 72.6 Å². The summed E-state index contributed by atoms with van der Waals surface area (Å²) in [6, 6.07) is 14.3. The number of carboxylic acids is 1. The maximum absolute atomic E-state index is 13.1. The topological polar surface area (TPSA) is 104 Å². The zero-order valence-corrected chi connectivity index (χ0v) is 18.1. The first-order valence-electron chi connectivity index (χ1n) is 9.89. The van der Waals surface area contributed by atoms with E-state index in [1.807, 2.05) is 24.3 Å². The number of aromatic carboxylic acids is 1. The molecular formula is C25H23N3O4. The van der Waals surface area contributed by atoms with E-state index in [2.05, 4.69) is 11.6 Å². The van der Waals surface area contributed by atoms with Crippen molar-refractivity contribution < 1.29 is 19.4 Å². The molecule has 2 aromatic carbocycles. The molecule has 0 atom stereocenters. The van der Waals surface area contributed by atoms with E-state index < -0.39 is 17.7 Å². The van der Waals surface area contributed by atoms with Crippen LogP contribution in [0.4, 0.5) is 10.5 Å². The van der Waals surface area contributed by atoms with Gasteiger partial charge in [0.1, 0.15) is 5.60 Å². The van der Waals surface area contributed by atoms with E-state index in [9.17, 15) is 20.0 Å². The van der Waals surface area contributed by atoms with E-state index in [0.717, 1.165) is 21.4 Å². The molecule has 162 valence electrons. The van der Waals surface area contributed by atoms with Crippen molar-refractivity contribution in [1.82, 2.24) is 4.98 Å². The fraction of sp³-hybridized carbons (Fsp3) is 0.200. The lowest BCUT2D eigenvalue weighted by atomic mass is 9.98. The first kappa shape index (κ1) is 22.5. The van der Waals surface area contributed by atoms with Crippen LogP contribution in [0.2, 0.25) is 0 Å². The Labute approximate surface area is 186 Å². The van der Waals surface area contributed by atoms with Gasteiger partial charge in [-0.1, -0.05) is 30.8 Å². The zero-order valence-electron chi connectivity index (χ0n) is 18.1. The zero-order chi connectivity index (χ0) is 23.5. The summed E-state index contributed by atoms with van der Waals surface area (Å²) in [5.74, 6) is -1.20. The Kier molecular flexibility index (Phi) is 6.26. The fourth-order valence-electron chi connectivity index (χ4n) is 3.26. The monoisotopic (exact) mass is 429 g/mol. The van der Waals surface area contributed by atoms with Crippen LogP contribution in [0.3, 0.4) is 0 Å². The molecule has 0 spiro atoms. The number of fused-ring (bicyclic) bond motifs is 1. The maximum Gasteiger partial charge on any atom is 0.415 e. The number of hydrogen-bond acceptors (Lipinski definition) is 5. The second-order valence-electron chi connectivity index (χ2n) is 8.23. The molecule has 7 nitrogen and oxygen atoms in total. The highest BCUT2D eigenvalue weighted by molar-refractivity contribution is 6.11. The molecule has 1 aromatic heterocycles. The lowest BCUT2D eigenvalue weighted by Gasteiger charge is -2.29. The van der Waals surface area contributed by atoms with Gasteiger partial charge in [0.15, 0.2) is 0 Å². The number of nitrogens with zero attached hydrogens (tertiary/aromatic N) is 3. The number of carbonyl (C=O) groups excluding carboxylic acids is 1. The third-order valence-electron chi connectivity index (χ3n) is 4.61. The number of benzene rings is 2. The molecule has 0 radical (unpaired) electrons. The van der Waals surface area contributed by atoms with Gasteiger partial charge in [0, 0.05) is 28.9 Å². The van der Waals surface area contributed by atoms with Crippen molar-refractivity contribution in [1.29, 1.82) is 5.26 Å². The summed E-state index contributed by atoms with van der Waals surface area (Å²) >= 11 is 0. The normalized spacial score (nSPS) is 10.9. The molecular weight excluding hydrogens is 406 g/mol. The minimum Gasteiger partial charge on any atom is -0.478 e. The van der Waals surface area contributed by atoms with E-state index in [1.54, 1.807) is 51.4 Å². The molecule has 0 saturated heterocycles. The van der Waals surface area contributed by atoms with Gasteiger partial charge in [0.25, 0.3) is 0 Å². The summed E-state index contributed by atoms with van der Waals surface area (Å²) in [6.07, 6.45) is 2.59. The lowest BCUT2D eigenvalue weighted by molar-refractivity contribution is 0.0584. The predicted molar refractivity (Wildman–Crippen MR) is 122 cm³/mol. The molecule has 0 unspecified atom stereocenters. The van der Waals surface area contributed by atoms with Crippen LogP contribution in [-0.2, 0) is 4.74 Å². The van der Waals surface area contributed by atoms with Gasteiger partial charge in [-0.3, -0.25) is 9.88 Å². The van der Waals surface area contributed by atoms with Crippen LogP contribution < -0.4 is 4.90 Å². The average molecular weight is 429 g/mol. The molecule has 1 heterocycles. The SMILES string of the molecule is C=C(C#N)CN(C(=O)OC(C)(C)C)c1c(C(=O)O)ccc2ccc(-c3cccnc3)cc12. The highest BCUT2D eigenvalue weighted by atomic mass is 16.6. The number of hydrogen-bond donors (Lipinski definition) is 1. The van der Waals surface area contributed by atoms with Gasteiger partial charge in [-0.25, -0.2) is 9.59 Å². The highest BCUT2D eigenvalue weighted by Gasteiger charge is 2.29. The largest absolute Gasteiger partial charge is 0.478 e. The molecule has 0 aliphatic rings. The Morgan fingerprint density at radius 2 is 1.91 bits per heavy atom. The second kappa shape index (κ2) is 8.90. The molecule has 0 bridgehead atoms. The summed E-state index contributed by atoms with van der Waals surface area (Å²) in [5.41, 5.74) is 0.971. The number of pyridine rings is 1. The molecule has 0 saturated carbocycles. The number of rotatable bonds is 5. The van der Waals surface area contributed by atoms with Crippen LogP contribution in [0.5, 0.6) is 0 Å². The molecule has 0 aliphatic heterocycles. The van der Waals surface area contributed by atoms with E-state index in [-0.39, 0.29) is 23.4 Å². The number of aromatic nitrogens is 1. The first-order valence-corrected chi connectivity index (χ1v) is 9.89. The number of nitriles is 1. The summed E-state index contributed by atoms with van der Waals surface area (Å²) in [5, 5.41) is 20.4. The molecule has 0 fully saturated rings. The molecule has 1 amide bonds. The van der Waals surface area contributed by atoms with E-state index in [0.29, 0.717) is 5.39 Å². The third kappa shape index (κ3) is 4.93. The third-order valence-corrected chi connectivity index (χ3v) is 4.61. The Morgan fingerprint density at radius 3 is 2.50 bits per heavy atom. The van der Waals surface area contributed by atoms with Crippen LogP contribution in [0.15, 0.2) is 67.0 Å². The van der Waals surface area contributed by atoms with Crippen molar-refractivity contribution >= 4 is 28.5 Å². The standard InChI is InChI=1S/C25H23N3O4/c1-16(13-26)15-28(24(31)32-25(2,3)4)22-20(23(29)30)10-9-17-7-8-18(12-21(17)22)19-6-5-11-27-14-19/h5-12,14H,1,15H2,2-4H3,(H,29,30). The Balaban J connectivity index is 2.30. The maximum atomic E-state index is 13.1. The lowest BCUT2D eigenvalue weighted by Crippen LogP contribution is -2.38. The number of anilines is 1. The summed E-state index contributed by atoms with van der Waals surface area (Å²) in [7, 11) is 0. The van der Waals surface area contributed by atoms with Crippen LogP contribution in [0.25, 0.3) is 21.9 Å². The van der Waals surface area contributed by atoms with Crippen LogP contribution in [0.1, 0.15) is 31.1 Å². The summed E-state index contributed by atoms with van der Waals surface area (Å²) in [6.45, 7) is 8.60. The Bertz CT molecular complexity index is 1240. The van der Waals surface area contributed by atoms with Gasteiger partial charge in [-0.15, -0.1) is 0 Å². The highest BCUT2D eigenvalue weighted by Crippen LogP contribution is 2.35. The van der Waals surface area contributed by atoms with Gasteiger partial charge in [-0.05, 0) is 49.9 Å². The second-order valence-corrected chi connectivity index (χ2v) is 8.23. The molecule has 3 rings (SSSR count). The molecule has 32 heavy (non-hydrogen) atoms. The smallest absolute Gasteiger partial charge is 0.415 e. The van der Waals surface area contributed by atoms with Gasteiger partial charge >= 0.3 is 12.1 Å². The van der Waals surface area contributed by atoms with Crippen LogP contribution in [0, 0.1) is 11.3 Å².